The molecule has 0 aliphatic heterocycles. The van der Waals surface area contributed by atoms with Gasteiger partial charge in [-0.05, 0) is 0 Å². The smallest absolute Gasteiger partial charge is 0.209 e. The summed E-state index contributed by atoms with van der Waals surface area (Å²) in [6.45, 7) is 1.94. The van der Waals surface area contributed by atoms with Crippen molar-refractivity contribution in [1.82, 2.24) is 4.98 Å². The molecule has 0 saturated heterocycles. The first kappa shape index (κ1) is 9.63. The fraction of sp³-hybridized carbons (Fsp3) is 0.500. The molecular formula is C6H10N2O2S2. The standard InChI is InChI=1S/C6H10N2O2S2/c1-2-12(9,10)6-8-4-5(3-7)11-6/h4H,2-3,7H2,1H3. The first-order valence-corrected chi connectivity index (χ1v) is 5.94. The van der Waals surface area contributed by atoms with E-state index in [9.17, 15) is 8.42 Å². The predicted molar refractivity (Wildman–Crippen MR) is 47.7 cm³/mol. The zero-order chi connectivity index (χ0) is 9.19. The van der Waals surface area contributed by atoms with Gasteiger partial charge < -0.3 is 5.73 Å². The van der Waals surface area contributed by atoms with Crippen molar-refractivity contribution in [3.8, 4) is 0 Å². The average Bonchev–Trinajstić information content (AvgIpc) is 2.52. The maximum absolute atomic E-state index is 11.2. The highest BCUT2D eigenvalue weighted by Crippen LogP contribution is 2.18. The van der Waals surface area contributed by atoms with Gasteiger partial charge in [0.2, 0.25) is 14.2 Å². The third kappa shape index (κ3) is 1.82. The van der Waals surface area contributed by atoms with Crippen molar-refractivity contribution in [3.05, 3.63) is 11.1 Å². The third-order valence-electron chi connectivity index (χ3n) is 1.38. The lowest BCUT2D eigenvalue weighted by molar-refractivity contribution is 0.596. The normalized spacial score (nSPS) is 11.8. The number of hydrogen-bond donors (Lipinski definition) is 1. The predicted octanol–water partition coefficient (Wildman–Crippen LogP) is 0.395. The molecule has 12 heavy (non-hydrogen) atoms. The Bertz CT molecular complexity index is 355. The minimum absolute atomic E-state index is 0.0878. The van der Waals surface area contributed by atoms with Gasteiger partial charge in [0.05, 0.1) is 5.75 Å². The Morgan fingerprint density at radius 2 is 2.33 bits per heavy atom. The number of hydrogen-bond acceptors (Lipinski definition) is 5. The van der Waals surface area contributed by atoms with E-state index in [1.165, 1.54) is 6.20 Å². The Morgan fingerprint density at radius 1 is 1.67 bits per heavy atom. The SMILES string of the molecule is CCS(=O)(=O)c1ncc(CN)s1. The molecule has 0 fully saturated rings. The molecule has 68 valence electrons. The van der Waals surface area contributed by atoms with Gasteiger partial charge >= 0.3 is 0 Å². The molecule has 0 amide bonds. The molecule has 0 atom stereocenters. The van der Waals surface area contributed by atoms with E-state index in [4.69, 9.17) is 5.73 Å². The van der Waals surface area contributed by atoms with E-state index in [0.717, 1.165) is 16.2 Å². The molecule has 0 bridgehead atoms. The van der Waals surface area contributed by atoms with Crippen LogP contribution in [0.25, 0.3) is 0 Å². The second kappa shape index (κ2) is 3.51. The number of thiazole rings is 1. The quantitative estimate of drug-likeness (QED) is 0.776. The van der Waals surface area contributed by atoms with Crippen molar-refractivity contribution in [2.45, 2.75) is 17.8 Å². The highest BCUT2D eigenvalue weighted by atomic mass is 32.2. The van der Waals surface area contributed by atoms with Gasteiger partial charge in [-0.1, -0.05) is 6.92 Å². The van der Waals surface area contributed by atoms with Crippen molar-refractivity contribution in [1.29, 1.82) is 0 Å². The highest BCUT2D eigenvalue weighted by molar-refractivity contribution is 7.93. The van der Waals surface area contributed by atoms with E-state index in [1.807, 2.05) is 0 Å². The average molecular weight is 206 g/mol. The minimum Gasteiger partial charge on any atom is -0.326 e. The van der Waals surface area contributed by atoms with Crippen molar-refractivity contribution >= 4 is 21.2 Å². The number of nitrogens with zero attached hydrogens (tertiary/aromatic N) is 1. The van der Waals surface area contributed by atoms with E-state index in [-0.39, 0.29) is 10.1 Å². The molecule has 1 aromatic heterocycles. The van der Waals surface area contributed by atoms with Crippen LogP contribution in [0.15, 0.2) is 10.5 Å². The first-order valence-electron chi connectivity index (χ1n) is 3.47. The lowest BCUT2D eigenvalue weighted by Crippen LogP contribution is -2.02. The van der Waals surface area contributed by atoms with Crippen LogP contribution >= 0.6 is 11.3 Å². The van der Waals surface area contributed by atoms with Crippen LogP contribution in [-0.2, 0) is 16.4 Å². The van der Waals surface area contributed by atoms with E-state index in [1.54, 1.807) is 6.92 Å². The lowest BCUT2D eigenvalue weighted by Gasteiger charge is -1.92. The van der Waals surface area contributed by atoms with Crippen molar-refractivity contribution in [3.63, 3.8) is 0 Å². The summed E-state index contributed by atoms with van der Waals surface area (Å²) in [5.41, 5.74) is 5.32. The topological polar surface area (TPSA) is 73.0 Å². The Hall–Kier alpha value is -0.460. The van der Waals surface area contributed by atoms with Crippen molar-refractivity contribution in [2.75, 3.05) is 5.75 Å². The van der Waals surface area contributed by atoms with Gasteiger partial charge in [-0.2, -0.15) is 0 Å². The van der Waals surface area contributed by atoms with Gasteiger partial charge in [0, 0.05) is 17.6 Å². The van der Waals surface area contributed by atoms with Crippen molar-refractivity contribution in [2.24, 2.45) is 5.73 Å². The zero-order valence-corrected chi connectivity index (χ0v) is 8.28. The Morgan fingerprint density at radius 3 is 2.75 bits per heavy atom. The third-order valence-corrected chi connectivity index (χ3v) is 4.60. The van der Waals surface area contributed by atoms with Crippen LogP contribution in [0.3, 0.4) is 0 Å². The fourth-order valence-corrected chi connectivity index (χ4v) is 2.81. The maximum atomic E-state index is 11.2. The number of rotatable bonds is 3. The van der Waals surface area contributed by atoms with Gasteiger partial charge in [0.15, 0.2) is 0 Å². The van der Waals surface area contributed by atoms with E-state index in [0.29, 0.717) is 6.54 Å². The van der Waals surface area contributed by atoms with E-state index >= 15 is 0 Å². The van der Waals surface area contributed by atoms with Crippen LogP contribution in [0, 0.1) is 0 Å². The van der Waals surface area contributed by atoms with Gasteiger partial charge in [-0.15, -0.1) is 11.3 Å². The van der Waals surface area contributed by atoms with Crippen LogP contribution in [-0.4, -0.2) is 19.2 Å². The summed E-state index contributed by atoms with van der Waals surface area (Å²) in [6, 6.07) is 0. The summed E-state index contributed by atoms with van der Waals surface area (Å²) in [7, 11) is -3.14. The molecule has 2 N–H and O–H groups in total. The van der Waals surface area contributed by atoms with Gasteiger partial charge in [-0.25, -0.2) is 13.4 Å². The molecule has 1 aromatic rings. The van der Waals surface area contributed by atoms with Crippen molar-refractivity contribution < 1.29 is 8.42 Å². The number of nitrogens with two attached hydrogens (primary N) is 1. The summed E-state index contributed by atoms with van der Waals surface area (Å²) in [6.07, 6.45) is 1.51. The molecule has 0 spiro atoms. The molecule has 0 saturated carbocycles. The number of sulfone groups is 1. The fourth-order valence-electron chi connectivity index (χ4n) is 0.651. The molecule has 4 nitrogen and oxygen atoms in total. The highest BCUT2D eigenvalue weighted by Gasteiger charge is 2.15. The molecule has 1 heterocycles. The van der Waals surface area contributed by atoms with Gasteiger partial charge in [-0.3, -0.25) is 0 Å². The minimum atomic E-state index is -3.14. The van der Waals surface area contributed by atoms with Crippen LogP contribution < -0.4 is 5.73 Å². The van der Waals surface area contributed by atoms with Crippen LogP contribution in [0.1, 0.15) is 11.8 Å². The summed E-state index contributed by atoms with van der Waals surface area (Å²) < 4.78 is 22.6. The van der Waals surface area contributed by atoms with Crippen LogP contribution in [0.4, 0.5) is 0 Å². The lowest BCUT2D eigenvalue weighted by atomic mass is 10.6. The largest absolute Gasteiger partial charge is 0.326 e. The summed E-state index contributed by atoms with van der Waals surface area (Å²) in [5.74, 6) is 0.0878. The number of aromatic nitrogens is 1. The Balaban J connectivity index is 3.05. The molecular weight excluding hydrogens is 196 g/mol. The molecule has 6 heteroatoms. The van der Waals surface area contributed by atoms with E-state index < -0.39 is 9.84 Å². The summed E-state index contributed by atoms with van der Waals surface area (Å²) in [4.78, 5) is 4.57. The molecule has 0 aliphatic rings. The second-order valence-electron chi connectivity index (χ2n) is 2.20. The van der Waals surface area contributed by atoms with Crippen LogP contribution in [0.5, 0.6) is 0 Å². The van der Waals surface area contributed by atoms with Crippen LogP contribution in [0.2, 0.25) is 0 Å². The Kier molecular flexibility index (Phi) is 2.81. The molecule has 0 unspecified atom stereocenters. The van der Waals surface area contributed by atoms with E-state index in [2.05, 4.69) is 4.98 Å². The monoisotopic (exact) mass is 206 g/mol. The second-order valence-corrected chi connectivity index (χ2v) is 5.77. The molecule has 1 rings (SSSR count). The Labute approximate surface area is 75.4 Å². The first-order chi connectivity index (χ1) is 5.60. The summed E-state index contributed by atoms with van der Waals surface area (Å²) in [5, 5.41) is 0. The molecule has 0 radical (unpaired) electrons. The summed E-state index contributed by atoms with van der Waals surface area (Å²) >= 11 is 1.14. The molecule has 0 aromatic carbocycles. The van der Waals surface area contributed by atoms with Gasteiger partial charge in [0.1, 0.15) is 0 Å². The maximum Gasteiger partial charge on any atom is 0.209 e. The zero-order valence-electron chi connectivity index (χ0n) is 6.65. The van der Waals surface area contributed by atoms with Gasteiger partial charge in [0.25, 0.3) is 0 Å². The molecule has 0 aliphatic carbocycles.